The number of nitrogens with one attached hydrogen (secondary N) is 3. The number of halogens is 1. The molecule has 0 radical (unpaired) electrons. The lowest BCUT2D eigenvalue weighted by atomic mass is 9.96. The molecule has 5 aromatic rings. The number of H-pyrrole nitrogens is 1. The smallest absolute Gasteiger partial charge is 0.259 e. The third-order valence-electron chi connectivity index (χ3n) is 6.62. The number of nitrogens with zero attached hydrogens (tertiary/aromatic N) is 1. The van der Waals surface area contributed by atoms with Crippen molar-refractivity contribution in [3.63, 3.8) is 0 Å². The fourth-order valence-electron chi connectivity index (χ4n) is 5.47. The van der Waals surface area contributed by atoms with Crippen molar-refractivity contribution in [2.75, 3.05) is 13.1 Å². The fourth-order valence-corrected chi connectivity index (χ4v) is 5.47. The zero-order chi connectivity index (χ0) is 20.0. The van der Waals surface area contributed by atoms with Gasteiger partial charge in [-0.25, -0.2) is 0 Å². The van der Waals surface area contributed by atoms with Crippen molar-refractivity contribution < 1.29 is 9.59 Å². The van der Waals surface area contributed by atoms with Crippen LogP contribution in [0, 0.1) is 0 Å². The maximum absolute atomic E-state index is 13.0. The Morgan fingerprint density at radius 1 is 0.806 bits per heavy atom. The van der Waals surface area contributed by atoms with Crippen LogP contribution in [-0.4, -0.2) is 34.5 Å². The van der Waals surface area contributed by atoms with Gasteiger partial charge in [-0.05, 0) is 24.6 Å². The predicted molar refractivity (Wildman–Crippen MR) is 124 cm³/mol. The third kappa shape index (κ3) is 2.21. The van der Waals surface area contributed by atoms with E-state index in [1.807, 2.05) is 24.3 Å². The molecule has 2 amide bonds. The van der Waals surface area contributed by atoms with E-state index in [1.165, 1.54) is 11.1 Å². The average Bonchev–Trinajstić information content (AvgIpc) is 3.35. The first-order valence-corrected chi connectivity index (χ1v) is 10.3. The number of hydrogen-bond acceptors (Lipinski definition) is 3. The Balaban J connectivity index is 0.00000185. The number of benzene rings is 3. The van der Waals surface area contributed by atoms with Gasteiger partial charge in [0.1, 0.15) is 0 Å². The number of aromatic amines is 1. The van der Waals surface area contributed by atoms with Gasteiger partial charge in [0.25, 0.3) is 11.8 Å². The molecule has 0 aliphatic carbocycles. The molecule has 154 valence electrons. The summed E-state index contributed by atoms with van der Waals surface area (Å²) < 4.78 is 2.33. The summed E-state index contributed by atoms with van der Waals surface area (Å²) in [6.45, 7) is 2.59. The van der Waals surface area contributed by atoms with E-state index >= 15 is 0 Å². The number of carbonyl (C=O) groups excluding carboxylic acids is 2. The van der Waals surface area contributed by atoms with Gasteiger partial charge in [0.05, 0.1) is 27.7 Å². The molecular weight excluding hydrogens is 412 g/mol. The van der Waals surface area contributed by atoms with E-state index in [9.17, 15) is 9.59 Å². The van der Waals surface area contributed by atoms with Crippen LogP contribution in [0.2, 0.25) is 0 Å². The van der Waals surface area contributed by atoms with Crippen LogP contribution in [0.1, 0.15) is 26.3 Å². The maximum Gasteiger partial charge on any atom is 0.259 e. The molecule has 3 N–H and O–H groups in total. The average molecular weight is 431 g/mol. The second-order valence-corrected chi connectivity index (χ2v) is 8.14. The number of hydrogen-bond donors (Lipinski definition) is 3. The number of rotatable bonds is 0. The van der Waals surface area contributed by atoms with Crippen LogP contribution >= 0.6 is 12.4 Å². The molecule has 0 fully saturated rings. The lowest BCUT2D eigenvalue weighted by molar-refractivity contribution is 0.0880. The minimum absolute atomic E-state index is 0. The van der Waals surface area contributed by atoms with Gasteiger partial charge in [-0.15, -0.1) is 12.4 Å². The summed E-state index contributed by atoms with van der Waals surface area (Å²) in [6, 6.07) is 14.3. The number of para-hydroxylation sites is 2. The standard InChI is InChI=1S/C24H18N4O2.ClH/c29-23-18-16-13-5-1-2-7-15(13)26-20(16)22-17(19(18)24(30)27-23)14-6-3-4-12-8-9-25-10-11-28(22)21(12)14;/h1-7,25-26H,8-11H2,(H,27,29,30);1H. The second-order valence-electron chi connectivity index (χ2n) is 8.14. The van der Waals surface area contributed by atoms with Gasteiger partial charge in [-0.1, -0.05) is 36.4 Å². The Bertz CT molecular complexity index is 1590. The Morgan fingerprint density at radius 2 is 1.58 bits per heavy atom. The molecule has 2 aromatic heterocycles. The highest BCUT2D eigenvalue weighted by molar-refractivity contribution is 6.39. The Morgan fingerprint density at radius 3 is 2.45 bits per heavy atom. The summed E-state index contributed by atoms with van der Waals surface area (Å²) in [7, 11) is 0. The van der Waals surface area contributed by atoms with Crippen molar-refractivity contribution in [1.82, 2.24) is 20.2 Å². The molecule has 6 nitrogen and oxygen atoms in total. The van der Waals surface area contributed by atoms with E-state index in [1.54, 1.807) is 0 Å². The molecule has 2 aliphatic heterocycles. The topological polar surface area (TPSA) is 78.9 Å². The first-order valence-electron chi connectivity index (χ1n) is 10.3. The number of fused-ring (bicyclic) bond motifs is 10. The van der Waals surface area contributed by atoms with E-state index in [-0.39, 0.29) is 24.2 Å². The molecule has 0 atom stereocenters. The Hall–Kier alpha value is -3.35. The number of aromatic nitrogens is 2. The predicted octanol–water partition coefficient (Wildman–Crippen LogP) is 3.88. The first kappa shape index (κ1) is 18.4. The molecule has 7 heteroatoms. The molecule has 0 bridgehead atoms. The molecule has 0 unspecified atom stereocenters. The van der Waals surface area contributed by atoms with Crippen molar-refractivity contribution in [3.05, 3.63) is 59.2 Å². The van der Waals surface area contributed by atoms with Crippen LogP contribution in [0.5, 0.6) is 0 Å². The fraction of sp³-hybridized carbons (Fsp3) is 0.167. The summed E-state index contributed by atoms with van der Waals surface area (Å²) in [6.07, 6.45) is 0.927. The van der Waals surface area contributed by atoms with Crippen LogP contribution in [0.4, 0.5) is 0 Å². The van der Waals surface area contributed by atoms with Gasteiger partial charge < -0.3 is 14.9 Å². The highest BCUT2D eigenvalue weighted by Gasteiger charge is 2.36. The monoisotopic (exact) mass is 430 g/mol. The highest BCUT2D eigenvalue weighted by Crippen LogP contribution is 2.44. The largest absolute Gasteiger partial charge is 0.353 e. The summed E-state index contributed by atoms with van der Waals surface area (Å²) in [5.41, 5.74) is 6.36. The van der Waals surface area contributed by atoms with Gasteiger partial charge >= 0.3 is 0 Å². The zero-order valence-electron chi connectivity index (χ0n) is 16.5. The van der Waals surface area contributed by atoms with Crippen LogP contribution in [0.3, 0.4) is 0 Å². The Kier molecular flexibility index (Phi) is 3.76. The summed E-state index contributed by atoms with van der Waals surface area (Å²) in [5, 5.41) is 9.80. The van der Waals surface area contributed by atoms with Crippen LogP contribution < -0.4 is 10.6 Å². The van der Waals surface area contributed by atoms with Crippen LogP contribution in [0.25, 0.3) is 43.6 Å². The number of carbonyl (C=O) groups is 2. The van der Waals surface area contributed by atoms with Crippen molar-refractivity contribution in [2.45, 2.75) is 13.0 Å². The highest BCUT2D eigenvalue weighted by atomic mass is 35.5. The molecular formula is C24H19ClN4O2. The van der Waals surface area contributed by atoms with Gasteiger partial charge in [0.15, 0.2) is 0 Å². The number of amides is 2. The summed E-state index contributed by atoms with van der Waals surface area (Å²) >= 11 is 0. The van der Waals surface area contributed by atoms with Crippen molar-refractivity contribution in [2.24, 2.45) is 0 Å². The van der Waals surface area contributed by atoms with E-state index in [4.69, 9.17) is 0 Å². The summed E-state index contributed by atoms with van der Waals surface area (Å²) in [5.74, 6) is -0.612. The van der Waals surface area contributed by atoms with E-state index in [0.717, 1.165) is 64.2 Å². The van der Waals surface area contributed by atoms with E-state index in [2.05, 4.69) is 38.4 Å². The quantitative estimate of drug-likeness (QED) is 0.326. The molecule has 4 heterocycles. The zero-order valence-corrected chi connectivity index (χ0v) is 17.4. The SMILES string of the molecule is Cl.O=C1NC(=O)c2c1c1c3ccccc3[nH]c1c1c2c2cccc3c2n1CCNCC3. The molecule has 3 aromatic carbocycles. The molecule has 0 saturated carbocycles. The molecule has 7 rings (SSSR count). The minimum Gasteiger partial charge on any atom is -0.353 e. The lowest BCUT2D eigenvalue weighted by Crippen LogP contribution is -2.24. The maximum atomic E-state index is 13.0. The molecule has 0 saturated heterocycles. The Labute approximate surface area is 183 Å². The summed E-state index contributed by atoms with van der Waals surface area (Å²) in [4.78, 5) is 29.5. The van der Waals surface area contributed by atoms with Gasteiger partial charge in [0, 0.05) is 40.2 Å². The normalized spacial score (nSPS) is 15.9. The van der Waals surface area contributed by atoms with Gasteiger partial charge in [0.2, 0.25) is 0 Å². The third-order valence-corrected chi connectivity index (χ3v) is 6.62. The minimum atomic E-state index is -0.310. The van der Waals surface area contributed by atoms with E-state index in [0.29, 0.717) is 11.1 Å². The van der Waals surface area contributed by atoms with Crippen molar-refractivity contribution >= 4 is 67.8 Å². The van der Waals surface area contributed by atoms with Crippen molar-refractivity contribution in [1.29, 1.82) is 0 Å². The van der Waals surface area contributed by atoms with Gasteiger partial charge in [-0.3, -0.25) is 14.9 Å². The number of imide groups is 1. The lowest BCUT2D eigenvalue weighted by Gasteiger charge is -2.15. The first-order chi connectivity index (χ1) is 14.7. The molecule has 0 spiro atoms. The van der Waals surface area contributed by atoms with Crippen molar-refractivity contribution in [3.8, 4) is 0 Å². The molecule has 2 aliphatic rings. The van der Waals surface area contributed by atoms with E-state index < -0.39 is 0 Å². The molecule has 31 heavy (non-hydrogen) atoms. The second kappa shape index (κ2) is 6.33. The van der Waals surface area contributed by atoms with Gasteiger partial charge in [-0.2, -0.15) is 0 Å². The van der Waals surface area contributed by atoms with Crippen LogP contribution in [0.15, 0.2) is 42.5 Å². The van der Waals surface area contributed by atoms with Crippen LogP contribution in [-0.2, 0) is 13.0 Å².